The molecule has 1 aromatic rings. The molecular formula is C22H28O2. The summed E-state index contributed by atoms with van der Waals surface area (Å²) in [6.45, 7) is 5.45. The van der Waals surface area contributed by atoms with Crippen molar-refractivity contribution in [2.24, 2.45) is 11.8 Å². The van der Waals surface area contributed by atoms with Crippen molar-refractivity contribution in [1.29, 1.82) is 0 Å². The Kier molecular flexibility index (Phi) is 6.12. The summed E-state index contributed by atoms with van der Waals surface area (Å²) in [5, 5.41) is 0. The van der Waals surface area contributed by atoms with E-state index in [-0.39, 0.29) is 6.29 Å². The summed E-state index contributed by atoms with van der Waals surface area (Å²) in [5.41, 5.74) is 2.58. The summed E-state index contributed by atoms with van der Waals surface area (Å²) < 4.78 is 11.7. The van der Waals surface area contributed by atoms with Gasteiger partial charge in [-0.3, -0.25) is 0 Å². The lowest BCUT2D eigenvalue weighted by atomic mass is 9.79. The van der Waals surface area contributed by atoms with Gasteiger partial charge in [-0.15, -0.1) is 11.8 Å². The number of ether oxygens (including phenoxy) is 2. The van der Waals surface area contributed by atoms with Crippen molar-refractivity contribution in [2.75, 3.05) is 13.2 Å². The lowest BCUT2D eigenvalue weighted by Gasteiger charge is -2.29. The van der Waals surface area contributed by atoms with Gasteiger partial charge in [0, 0.05) is 17.4 Å². The number of allylic oxidation sites excluding steroid dienone is 1. The van der Waals surface area contributed by atoms with Crippen LogP contribution in [0.15, 0.2) is 36.4 Å². The molecule has 0 aromatic heterocycles. The maximum Gasteiger partial charge on any atom is 0.183 e. The highest BCUT2D eigenvalue weighted by atomic mass is 16.7. The highest BCUT2D eigenvalue weighted by Gasteiger charge is 2.24. The van der Waals surface area contributed by atoms with Gasteiger partial charge in [0.15, 0.2) is 6.29 Å². The van der Waals surface area contributed by atoms with Gasteiger partial charge in [0.25, 0.3) is 0 Å². The lowest BCUT2D eigenvalue weighted by molar-refractivity contribution is -0.197. The first-order chi connectivity index (χ1) is 11.8. The number of rotatable bonds is 3. The Hall–Kier alpha value is -1.56. The molecule has 0 unspecified atom stereocenters. The van der Waals surface area contributed by atoms with Crippen molar-refractivity contribution in [2.45, 2.75) is 51.7 Å². The quantitative estimate of drug-likeness (QED) is 0.560. The molecule has 0 bridgehead atoms. The van der Waals surface area contributed by atoms with Crippen molar-refractivity contribution in [3.05, 3.63) is 47.5 Å². The molecular weight excluding hydrogens is 296 g/mol. The zero-order valence-electron chi connectivity index (χ0n) is 14.8. The van der Waals surface area contributed by atoms with Gasteiger partial charge in [0.05, 0.1) is 13.2 Å². The highest BCUT2D eigenvalue weighted by Crippen LogP contribution is 2.36. The molecule has 1 saturated heterocycles. The Morgan fingerprint density at radius 3 is 2.17 bits per heavy atom. The maximum absolute atomic E-state index is 5.87. The monoisotopic (exact) mass is 324 g/mol. The molecule has 0 spiro atoms. The molecule has 0 N–H and O–H groups in total. The summed E-state index contributed by atoms with van der Waals surface area (Å²) in [6.07, 6.45) is 8.96. The second-order valence-electron chi connectivity index (χ2n) is 6.89. The summed E-state index contributed by atoms with van der Waals surface area (Å²) in [6, 6.07) is 8.87. The third-order valence-electron chi connectivity index (χ3n) is 5.14. The average molecular weight is 324 g/mol. The number of hydrogen-bond acceptors (Lipinski definition) is 2. The SMILES string of the molecule is CC#C[C@H]1CC[C@H](c2ccc([C@H]3OC[C@H](/C=C/C)CO3)cc2)CC1. The van der Waals surface area contributed by atoms with E-state index in [0.29, 0.717) is 17.8 Å². The summed E-state index contributed by atoms with van der Waals surface area (Å²) in [5.74, 6) is 8.07. The fraction of sp³-hybridized carbons (Fsp3) is 0.545. The van der Waals surface area contributed by atoms with E-state index in [1.165, 1.54) is 31.2 Å². The first-order valence-corrected chi connectivity index (χ1v) is 9.18. The predicted molar refractivity (Wildman–Crippen MR) is 97.5 cm³/mol. The zero-order valence-corrected chi connectivity index (χ0v) is 14.8. The summed E-state index contributed by atoms with van der Waals surface area (Å²) in [4.78, 5) is 0. The Balaban J connectivity index is 1.55. The van der Waals surface area contributed by atoms with E-state index in [2.05, 4.69) is 48.3 Å². The second kappa shape index (κ2) is 8.51. The molecule has 1 heterocycles. The first kappa shape index (κ1) is 17.3. The van der Waals surface area contributed by atoms with Crippen LogP contribution in [0.4, 0.5) is 0 Å². The van der Waals surface area contributed by atoms with Crippen LogP contribution in [-0.2, 0) is 9.47 Å². The topological polar surface area (TPSA) is 18.5 Å². The molecule has 0 radical (unpaired) electrons. The molecule has 0 amide bonds. The zero-order chi connectivity index (χ0) is 16.8. The normalized spacial score (nSPS) is 30.8. The molecule has 1 aliphatic carbocycles. The third kappa shape index (κ3) is 4.29. The second-order valence-corrected chi connectivity index (χ2v) is 6.89. The van der Waals surface area contributed by atoms with Crippen LogP contribution in [-0.4, -0.2) is 13.2 Å². The third-order valence-corrected chi connectivity index (χ3v) is 5.14. The number of hydrogen-bond donors (Lipinski definition) is 0. The standard InChI is InChI=1S/C22H28O2/c1-3-5-17-7-9-19(10-8-17)20-11-13-21(14-12-20)22-23-15-18(6-4-2)16-24-22/h4,6,11-14,17-19,22H,7-10,15-16H2,1-2H3/b6-4+/t17-,18-,19-,22-. The van der Waals surface area contributed by atoms with Gasteiger partial charge in [-0.25, -0.2) is 0 Å². The molecule has 2 nitrogen and oxygen atoms in total. The van der Waals surface area contributed by atoms with Crippen LogP contribution >= 0.6 is 0 Å². The largest absolute Gasteiger partial charge is 0.348 e. The van der Waals surface area contributed by atoms with E-state index in [0.717, 1.165) is 18.8 Å². The van der Waals surface area contributed by atoms with Crippen molar-refractivity contribution in [3.63, 3.8) is 0 Å². The van der Waals surface area contributed by atoms with Gasteiger partial charge in [0.1, 0.15) is 0 Å². The van der Waals surface area contributed by atoms with Gasteiger partial charge >= 0.3 is 0 Å². The van der Waals surface area contributed by atoms with Crippen LogP contribution in [0.25, 0.3) is 0 Å². The molecule has 2 aliphatic rings. The maximum atomic E-state index is 5.87. The lowest BCUT2D eigenvalue weighted by Crippen LogP contribution is -2.25. The van der Waals surface area contributed by atoms with E-state index in [9.17, 15) is 0 Å². The van der Waals surface area contributed by atoms with Gasteiger partial charge in [0.2, 0.25) is 0 Å². The summed E-state index contributed by atoms with van der Waals surface area (Å²) in [7, 11) is 0. The molecule has 3 rings (SSSR count). The van der Waals surface area contributed by atoms with E-state index >= 15 is 0 Å². The summed E-state index contributed by atoms with van der Waals surface area (Å²) >= 11 is 0. The fourth-order valence-electron chi connectivity index (χ4n) is 3.79. The average Bonchev–Trinajstić information content (AvgIpc) is 2.64. The minimum absolute atomic E-state index is 0.212. The van der Waals surface area contributed by atoms with Gasteiger partial charge in [-0.1, -0.05) is 36.4 Å². The predicted octanol–water partition coefficient (Wildman–Crippen LogP) is 5.22. The van der Waals surface area contributed by atoms with Crippen molar-refractivity contribution in [1.82, 2.24) is 0 Å². The molecule has 2 fully saturated rings. The van der Waals surface area contributed by atoms with Crippen LogP contribution in [0.3, 0.4) is 0 Å². The Labute approximate surface area is 146 Å². The van der Waals surface area contributed by atoms with E-state index < -0.39 is 0 Å². The Morgan fingerprint density at radius 1 is 0.958 bits per heavy atom. The van der Waals surface area contributed by atoms with Crippen LogP contribution < -0.4 is 0 Å². The number of benzene rings is 1. The van der Waals surface area contributed by atoms with Crippen LogP contribution in [0, 0.1) is 23.7 Å². The Morgan fingerprint density at radius 2 is 1.58 bits per heavy atom. The molecule has 1 saturated carbocycles. The van der Waals surface area contributed by atoms with Crippen LogP contribution in [0.2, 0.25) is 0 Å². The molecule has 128 valence electrons. The minimum atomic E-state index is -0.212. The molecule has 1 aromatic carbocycles. The molecule has 2 heteroatoms. The first-order valence-electron chi connectivity index (χ1n) is 9.18. The smallest absolute Gasteiger partial charge is 0.183 e. The minimum Gasteiger partial charge on any atom is -0.348 e. The fourth-order valence-corrected chi connectivity index (χ4v) is 3.79. The van der Waals surface area contributed by atoms with Crippen LogP contribution in [0.1, 0.15) is 62.9 Å². The van der Waals surface area contributed by atoms with E-state index in [1.807, 2.05) is 13.8 Å². The molecule has 0 atom stereocenters. The van der Waals surface area contributed by atoms with Crippen molar-refractivity contribution < 1.29 is 9.47 Å². The van der Waals surface area contributed by atoms with Crippen molar-refractivity contribution >= 4 is 0 Å². The van der Waals surface area contributed by atoms with E-state index in [1.54, 1.807) is 0 Å². The van der Waals surface area contributed by atoms with Crippen molar-refractivity contribution in [3.8, 4) is 11.8 Å². The Bertz CT molecular complexity index is 589. The molecule has 1 aliphatic heterocycles. The van der Waals surface area contributed by atoms with Crippen LogP contribution in [0.5, 0.6) is 0 Å². The highest BCUT2D eigenvalue weighted by molar-refractivity contribution is 5.27. The molecule has 24 heavy (non-hydrogen) atoms. The van der Waals surface area contributed by atoms with Gasteiger partial charge in [-0.2, -0.15) is 0 Å². The van der Waals surface area contributed by atoms with Gasteiger partial charge in [-0.05, 0) is 51.0 Å². The van der Waals surface area contributed by atoms with Gasteiger partial charge < -0.3 is 9.47 Å². The van der Waals surface area contributed by atoms with E-state index in [4.69, 9.17) is 9.47 Å².